The van der Waals surface area contributed by atoms with Crippen LogP contribution in [0.1, 0.15) is 26.5 Å². The van der Waals surface area contributed by atoms with Crippen LogP contribution in [0, 0.1) is 6.92 Å². The summed E-state index contributed by atoms with van der Waals surface area (Å²) in [4.78, 5) is 0. The lowest BCUT2D eigenvalue weighted by Crippen LogP contribution is -2.43. The molecule has 0 fully saturated rings. The van der Waals surface area contributed by atoms with Gasteiger partial charge in [0.05, 0.1) is 5.69 Å². The quantitative estimate of drug-likeness (QED) is 0.645. The first-order chi connectivity index (χ1) is 8.15. The smallest absolute Gasteiger partial charge is 0.303 e. The third-order valence-electron chi connectivity index (χ3n) is 2.10. The van der Waals surface area contributed by atoms with Crippen molar-refractivity contribution in [1.82, 2.24) is 15.0 Å². The second-order valence-electron chi connectivity index (χ2n) is 3.54. The topological polar surface area (TPSA) is 58.4 Å². The van der Waals surface area contributed by atoms with Gasteiger partial charge in [0.2, 0.25) is 0 Å². The zero-order valence-corrected chi connectivity index (χ0v) is 11.0. The van der Waals surface area contributed by atoms with E-state index in [9.17, 15) is 0 Å². The summed E-state index contributed by atoms with van der Waals surface area (Å²) in [5, 5.41) is 7.90. The van der Waals surface area contributed by atoms with Crippen molar-refractivity contribution < 1.29 is 14.2 Å². The third kappa shape index (κ3) is 4.07. The van der Waals surface area contributed by atoms with Crippen LogP contribution in [0.3, 0.4) is 0 Å². The highest BCUT2D eigenvalue weighted by molar-refractivity contribution is 4.86. The van der Waals surface area contributed by atoms with E-state index in [0.717, 1.165) is 5.69 Å². The van der Waals surface area contributed by atoms with Crippen LogP contribution >= 0.6 is 0 Å². The van der Waals surface area contributed by atoms with Crippen LogP contribution in [-0.2, 0) is 20.8 Å². The molecule has 0 unspecified atom stereocenters. The highest BCUT2D eigenvalue weighted by Gasteiger charge is 2.33. The van der Waals surface area contributed by atoms with E-state index in [1.165, 1.54) is 0 Å². The van der Waals surface area contributed by atoms with Crippen molar-refractivity contribution in [2.45, 2.75) is 40.2 Å². The van der Waals surface area contributed by atoms with Crippen LogP contribution in [0.25, 0.3) is 0 Å². The molecule has 0 aliphatic carbocycles. The Morgan fingerprint density at radius 2 is 1.65 bits per heavy atom. The van der Waals surface area contributed by atoms with E-state index in [-0.39, 0.29) is 0 Å². The maximum atomic E-state index is 5.59. The van der Waals surface area contributed by atoms with Crippen LogP contribution in [0.2, 0.25) is 0 Å². The highest BCUT2D eigenvalue weighted by Crippen LogP contribution is 2.18. The molecule has 6 heteroatoms. The summed E-state index contributed by atoms with van der Waals surface area (Å²) >= 11 is 0. The summed E-state index contributed by atoms with van der Waals surface area (Å²) in [6, 6.07) is 0. The van der Waals surface area contributed by atoms with Crippen molar-refractivity contribution in [3.63, 3.8) is 0 Å². The number of aryl methyl sites for hydroxylation is 1. The average molecular weight is 243 g/mol. The Hall–Kier alpha value is -0.980. The summed E-state index contributed by atoms with van der Waals surface area (Å²) in [6.07, 6.45) is 1.83. The molecule has 1 rings (SSSR count). The van der Waals surface area contributed by atoms with Gasteiger partial charge in [0.25, 0.3) is 0 Å². The fourth-order valence-electron chi connectivity index (χ4n) is 1.59. The minimum Gasteiger partial charge on any atom is -0.326 e. The standard InChI is InChI=1S/C11H21N3O3/c1-5-15-11(16-6-2,17-7-3)9-14-8-10(4)12-13-14/h8H,5-7,9H2,1-4H3. The number of ether oxygens (including phenoxy) is 3. The van der Waals surface area contributed by atoms with Gasteiger partial charge in [-0.05, 0) is 27.7 Å². The second-order valence-corrected chi connectivity index (χ2v) is 3.54. The van der Waals surface area contributed by atoms with Gasteiger partial charge in [0.15, 0.2) is 0 Å². The van der Waals surface area contributed by atoms with E-state index in [1.807, 2.05) is 33.9 Å². The van der Waals surface area contributed by atoms with Crippen LogP contribution in [0.15, 0.2) is 6.20 Å². The van der Waals surface area contributed by atoms with Crippen LogP contribution in [-0.4, -0.2) is 40.8 Å². The van der Waals surface area contributed by atoms with E-state index in [2.05, 4.69) is 10.3 Å². The largest absolute Gasteiger partial charge is 0.326 e. The zero-order chi connectivity index (χ0) is 12.7. The Morgan fingerprint density at radius 1 is 1.12 bits per heavy atom. The molecule has 0 aliphatic heterocycles. The first-order valence-corrected chi connectivity index (χ1v) is 5.94. The van der Waals surface area contributed by atoms with E-state index in [0.29, 0.717) is 26.4 Å². The van der Waals surface area contributed by atoms with Crippen molar-refractivity contribution in [2.24, 2.45) is 0 Å². The fourth-order valence-corrected chi connectivity index (χ4v) is 1.59. The van der Waals surface area contributed by atoms with Gasteiger partial charge in [0.1, 0.15) is 6.54 Å². The Kier molecular flexibility index (Phi) is 5.54. The third-order valence-corrected chi connectivity index (χ3v) is 2.10. The van der Waals surface area contributed by atoms with Gasteiger partial charge in [-0.1, -0.05) is 5.21 Å². The number of aromatic nitrogens is 3. The highest BCUT2D eigenvalue weighted by atomic mass is 16.9. The molecule has 0 amide bonds. The summed E-state index contributed by atoms with van der Waals surface area (Å²) in [5.74, 6) is -1.07. The van der Waals surface area contributed by atoms with Gasteiger partial charge in [-0.15, -0.1) is 5.10 Å². The number of nitrogens with zero attached hydrogens (tertiary/aromatic N) is 3. The van der Waals surface area contributed by atoms with Gasteiger partial charge in [-0.3, -0.25) is 0 Å². The normalized spacial score (nSPS) is 12.0. The summed E-state index contributed by atoms with van der Waals surface area (Å²) < 4.78 is 18.4. The van der Waals surface area contributed by atoms with Gasteiger partial charge < -0.3 is 14.2 Å². The monoisotopic (exact) mass is 243 g/mol. The minimum atomic E-state index is -1.07. The van der Waals surface area contributed by atoms with Gasteiger partial charge in [0, 0.05) is 26.0 Å². The molecule has 0 spiro atoms. The molecule has 6 nitrogen and oxygen atoms in total. The lowest BCUT2D eigenvalue weighted by atomic mass is 10.5. The van der Waals surface area contributed by atoms with Crippen LogP contribution in [0.4, 0.5) is 0 Å². The van der Waals surface area contributed by atoms with E-state index in [4.69, 9.17) is 14.2 Å². The average Bonchev–Trinajstić information content (AvgIpc) is 2.65. The Balaban J connectivity index is 2.79. The SMILES string of the molecule is CCOC(Cn1cc(C)nn1)(OCC)OCC. The van der Waals surface area contributed by atoms with Gasteiger partial charge >= 0.3 is 5.97 Å². The van der Waals surface area contributed by atoms with E-state index < -0.39 is 5.97 Å². The van der Waals surface area contributed by atoms with E-state index in [1.54, 1.807) is 4.68 Å². The lowest BCUT2D eigenvalue weighted by molar-refractivity contribution is -0.383. The van der Waals surface area contributed by atoms with Crippen molar-refractivity contribution in [1.29, 1.82) is 0 Å². The predicted octanol–water partition coefficient (Wildman–Crippen LogP) is 1.35. The molecular weight excluding hydrogens is 222 g/mol. The minimum absolute atomic E-state index is 0.364. The molecule has 0 saturated heterocycles. The van der Waals surface area contributed by atoms with E-state index >= 15 is 0 Å². The molecule has 0 bridgehead atoms. The molecule has 1 aromatic rings. The Labute approximate surface area is 102 Å². The molecule has 0 N–H and O–H groups in total. The van der Waals surface area contributed by atoms with Crippen LogP contribution in [0.5, 0.6) is 0 Å². The Morgan fingerprint density at radius 3 is 2.00 bits per heavy atom. The predicted molar refractivity (Wildman–Crippen MR) is 62.4 cm³/mol. The molecule has 0 saturated carbocycles. The van der Waals surface area contributed by atoms with Crippen molar-refractivity contribution >= 4 is 0 Å². The lowest BCUT2D eigenvalue weighted by Gasteiger charge is -2.31. The first-order valence-electron chi connectivity index (χ1n) is 5.94. The second kappa shape index (κ2) is 6.68. The summed E-state index contributed by atoms with van der Waals surface area (Å²) in [6.45, 7) is 9.48. The molecular formula is C11H21N3O3. The number of rotatable bonds is 8. The van der Waals surface area contributed by atoms with Crippen LogP contribution < -0.4 is 0 Å². The first kappa shape index (κ1) is 14.1. The van der Waals surface area contributed by atoms with Gasteiger partial charge in [-0.2, -0.15) is 0 Å². The molecule has 0 radical (unpaired) electrons. The molecule has 1 heterocycles. The van der Waals surface area contributed by atoms with Gasteiger partial charge in [-0.25, -0.2) is 4.68 Å². The zero-order valence-electron chi connectivity index (χ0n) is 11.0. The number of hydrogen-bond donors (Lipinski definition) is 0. The maximum absolute atomic E-state index is 5.59. The molecule has 0 aliphatic rings. The molecule has 0 atom stereocenters. The van der Waals surface area contributed by atoms with Crippen molar-refractivity contribution in [2.75, 3.05) is 19.8 Å². The molecule has 0 aromatic carbocycles. The van der Waals surface area contributed by atoms with Crippen molar-refractivity contribution in [3.8, 4) is 0 Å². The molecule has 17 heavy (non-hydrogen) atoms. The number of hydrogen-bond acceptors (Lipinski definition) is 5. The maximum Gasteiger partial charge on any atom is 0.303 e. The fraction of sp³-hybridized carbons (Fsp3) is 0.818. The molecule has 1 aromatic heterocycles. The van der Waals surface area contributed by atoms with Crippen molar-refractivity contribution in [3.05, 3.63) is 11.9 Å². The summed E-state index contributed by atoms with van der Waals surface area (Å²) in [7, 11) is 0. The summed E-state index contributed by atoms with van der Waals surface area (Å²) in [5.41, 5.74) is 0.850. The Bertz CT molecular complexity index is 310. The molecule has 98 valence electrons.